The van der Waals surface area contributed by atoms with Crippen molar-refractivity contribution in [2.24, 2.45) is 0 Å². The molecule has 0 saturated heterocycles. The molecule has 1 aromatic heterocycles. The molecule has 112 valence electrons. The van der Waals surface area contributed by atoms with Crippen LogP contribution in [0.3, 0.4) is 0 Å². The van der Waals surface area contributed by atoms with Gasteiger partial charge in [-0.1, -0.05) is 6.92 Å². The van der Waals surface area contributed by atoms with Gasteiger partial charge in [0.05, 0.1) is 17.2 Å². The molecule has 0 atom stereocenters. The summed E-state index contributed by atoms with van der Waals surface area (Å²) < 4.78 is 40.1. The van der Waals surface area contributed by atoms with E-state index in [1.165, 1.54) is 6.20 Å². The topological polar surface area (TPSA) is 118 Å². The molecule has 0 aliphatic heterocycles. The average Bonchev–Trinajstić information content (AvgIpc) is 2.84. The number of benzene rings is 1. The number of aromatic amines is 1. The van der Waals surface area contributed by atoms with Crippen molar-refractivity contribution in [3.05, 3.63) is 45.9 Å². The van der Waals surface area contributed by atoms with Crippen LogP contribution in [0.4, 0.5) is 15.9 Å². The van der Waals surface area contributed by atoms with Crippen molar-refractivity contribution in [2.45, 2.75) is 18.2 Å². The number of aryl methyl sites for hydroxylation is 1. The first-order valence-electron chi connectivity index (χ1n) is 5.84. The highest BCUT2D eigenvalue weighted by Gasteiger charge is 2.23. The maximum atomic E-state index is 13.8. The second kappa shape index (κ2) is 5.48. The molecule has 0 amide bonds. The molecule has 2 N–H and O–H groups in total. The number of aromatic nitrogens is 2. The zero-order chi connectivity index (χ0) is 15.6. The van der Waals surface area contributed by atoms with Gasteiger partial charge in [0.25, 0.3) is 15.7 Å². The highest BCUT2D eigenvalue weighted by Crippen LogP contribution is 2.23. The molecule has 0 aliphatic carbocycles. The third-order valence-electron chi connectivity index (χ3n) is 2.75. The standard InChI is InChI=1S/C11H11FN4O4S/c1-2-7-6-13-14-11(7)15-21(19,20)10-4-3-8(16(17)18)5-9(10)12/h3-6H,2H2,1H3,(H2,13,14,15). The summed E-state index contributed by atoms with van der Waals surface area (Å²) in [5, 5.41) is 16.7. The van der Waals surface area contributed by atoms with Crippen LogP contribution in [0, 0.1) is 15.9 Å². The first kappa shape index (κ1) is 14.9. The first-order valence-corrected chi connectivity index (χ1v) is 7.32. The number of nitro groups is 1. The summed E-state index contributed by atoms with van der Waals surface area (Å²) in [6.07, 6.45) is 1.97. The Bertz CT molecular complexity index is 787. The summed E-state index contributed by atoms with van der Waals surface area (Å²) in [7, 11) is -4.21. The number of nitrogens with one attached hydrogen (secondary N) is 2. The fraction of sp³-hybridized carbons (Fsp3) is 0.182. The Morgan fingerprint density at radius 1 is 1.48 bits per heavy atom. The van der Waals surface area contributed by atoms with Crippen LogP contribution in [-0.4, -0.2) is 23.5 Å². The molecule has 0 unspecified atom stereocenters. The second-order valence-electron chi connectivity index (χ2n) is 4.10. The molecule has 0 bridgehead atoms. The quantitative estimate of drug-likeness (QED) is 0.644. The summed E-state index contributed by atoms with van der Waals surface area (Å²) in [5.74, 6) is -1.07. The molecule has 2 aromatic rings. The predicted molar refractivity (Wildman–Crippen MR) is 71.8 cm³/mol. The molecule has 0 spiro atoms. The van der Waals surface area contributed by atoms with E-state index in [1.807, 2.05) is 0 Å². The minimum atomic E-state index is -4.21. The van der Waals surface area contributed by atoms with E-state index in [1.54, 1.807) is 6.92 Å². The number of rotatable bonds is 5. The lowest BCUT2D eigenvalue weighted by atomic mass is 10.3. The molecule has 10 heteroatoms. The molecule has 1 heterocycles. The predicted octanol–water partition coefficient (Wildman–Crippen LogP) is 1.82. The molecule has 0 saturated carbocycles. The summed E-state index contributed by atoms with van der Waals surface area (Å²) in [5.41, 5.74) is 0.0862. The average molecular weight is 314 g/mol. The maximum Gasteiger partial charge on any atom is 0.272 e. The molecular weight excluding hydrogens is 303 g/mol. The van der Waals surface area contributed by atoms with Crippen LogP contribution in [0.25, 0.3) is 0 Å². The lowest BCUT2D eigenvalue weighted by molar-refractivity contribution is -0.385. The monoisotopic (exact) mass is 314 g/mol. The van der Waals surface area contributed by atoms with Crippen LogP contribution in [-0.2, 0) is 16.4 Å². The Balaban J connectivity index is 2.38. The van der Waals surface area contributed by atoms with E-state index in [4.69, 9.17) is 0 Å². The van der Waals surface area contributed by atoms with Gasteiger partial charge >= 0.3 is 0 Å². The van der Waals surface area contributed by atoms with E-state index in [0.717, 1.165) is 12.1 Å². The van der Waals surface area contributed by atoms with Crippen molar-refractivity contribution in [2.75, 3.05) is 4.72 Å². The van der Waals surface area contributed by atoms with Crippen LogP contribution in [0.2, 0.25) is 0 Å². The molecule has 21 heavy (non-hydrogen) atoms. The van der Waals surface area contributed by atoms with Crippen LogP contribution < -0.4 is 4.72 Å². The van der Waals surface area contributed by atoms with Crippen molar-refractivity contribution in [3.63, 3.8) is 0 Å². The fourth-order valence-electron chi connectivity index (χ4n) is 1.68. The van der Waals surface area contributed by atoms with E-state index in [2.05, 4.69) is 14.9 Å². The lowest BCUT2D eigenvalue weighted by Gasteiger charge is -2.08. The van der Waals surface area contributed by atoms with Crippen molar-refractivity contribution in [1.29, 1.82) is 0 Å². The smallest absolute Gasteiger partial charge is 0.263 e. The fourth-order valence-corrected chi connectivity index (χ4v) is 2.80. The van der Waals surface area contributed by atoms with Crippen molar-refractivity contribution < 1.29 is 17.7 Å². The summed E-state index contributed by atoms with van der Waals surface area (Å²) >= 11 is 0. The highest BCUT2D eigenvalue weighted by molar-refractivity contribution is 7.92. The Hall–Kier alpha value is -2.49. The Kier molecular flexibility index (Phi) is 3.89. The SMILES string of the molecule is CCc1cn[nH]c1NS(=O)(=O)c1ccc([N+](=O)[O-])cc1F. The zero-order valence-electron chi connectivity index (χ0n) is 10.8. The van der Waals surface area contributed by atoms with Gasteiger partial charge in [0.15, 0.2) is 5.82 Å². The minimum absolute atomic E-state index is 0.134. The van der Waals surface area contributed by atoms with Crippen molar-refractivity contribution in [1.82, 2.24) is 10.2 Å². The van der Waals surface area contributed by atoms with E-state index in [-0.39, 0.29) is 5.82 Å². The lowest BCUT2D eigenvalue weighted by Crippen LogP contribution is -2.16. The van der Waals surface area contributed by atoms with Crippen molar-refractivity contribution in [3.8, 4) is 0 Å². The zero-order valence-corrected chi connectivity index (χ0v) is 11.6. The van der Waals surface area contributed by atoms with Gasteiger partial charge in [-0.05, 0) is 12.5 Å². The van der Waals surface area contributed by atoms with E-state index in [9.17, 15) is 22.9 Å². The summed E-state index contributed by atoms with van der Waals surface area (Å²) in [6.45, 7) is 1.80. The van der Waals surface area contributed by atoms with Crippen LogP contribution in [0.5, 0.6) is 0 Å². The summed E-state index contributed by atoms with van der Waals surface area (Å²) in [6, 6.07) is 2.32. The largest absolute Gasteiger partial charge is 0.272 e. The number of nitrogens with zero attached hydrogens (tertiary/aromatic N) is 2. The third-order valence-corrected chi connectivity index (χ3v) is 4.13. The van der Waals surface area contributed by atoms with Gasteiger partial charge in [0.1, 0.15) is 10.7 Å². The molecular formula is C11H11FN4O4S. The van der Waals surface area contributed by atoms with Gasteiger partial charge in [0, 0.05) is 11.6 Å². The molecule has 1 aromatic carbocycles. The van der Waals surface area contributed by atoms with Crippen LogP contribution >= 0.6 is 0 Å². The Morgan fingerprint density at radius 3 is 2.76 bits per heavy atom. The summed E-state index contributed by atoms with van der Waals surface area (Å²) in [4.78, 5) is 9.03. The van der Waals surface area contributed by atoms with Gasteiger partial charge in [0.2, 0.25) is 0 Å². The molecule has 0 radical (unpaired) electrons. The molecule has 0 fully saturated rings. The van der Waals surface area contributed by atoms with E-state index >= 15 is 0 Å². The van der Waals surface area contributed by atoms with Crippen LogP contribution in [0.15, 0.2) is 29.3 Å². The van der Waals surface area contributed by atoms with Gasteiger partial charge in [-0.25, -0.2) is 12.8 Å². The van der Waals surface area contributed by atoms with E-state index in [0.29, 0.717) is 18.1 Å². The number of nitro benzene ring substituents is 1. The number of H-pyrrole nitrogens is 1. The number of halogens is 1. The number of non-ortho nitro benzene ring substituents is 1. The molecule has 0 aliphatic rings. The third kappa shape index (κ3) is 2.99. The van der Waals surface area contributed by atoms with Gasteiger partial charge in [-0.3, -0.25) is 19.9 Å². The number of hydrogen-bond acceptors (Lipinski definition) is 5. The van der Waals surface area contributed by atoms with E-state index < -0.39 is 31.3 Å². The van der Waals surface area contributed by atoms with Gasteiger partial charge in [-0.2, -0.15) is 5.10 Å². The van der Waals surface area contributed by atoms with Gasteiger partial charge in [-0.15, -0.1) is 0 Å². The number of hydrogen-bond donors (Lipinski definition) is 2. The van der Waals surface area contributed by atoms with Crippen molar-refractivity contribution >= 4 is 21.5 Å². The maximum absolute atomic E-state index is 13.8. The highest BCUT2D eigenvalue weighted by atomic mass is 32.2. The number of anilines is 1. The number of sulfonamides is 1. The van der Waals surface area contributed by atoms with Gasteiger partial charge < -0.3 is 0 Å². The molecule has 2 rings (SSSR count). The Labute approximate surface area is 119 Å². The minimum Gasteiger partial charge on any atom is -0.263 e. The first-order chi connectivity index (χ1) is 9.85. The second-order valence-corrected chi connectivity index (χ2v) is 5.75. The Morgan fingerprint density at radius 2 is 2.19 bits per heavy atom. The normalized spacial score (nSPS) is 11.3. The molecule has 8 nitrogen and oxygen atoms in total. The van der Waals surface area contributed by atoms with Crippen LogP contribution in [0.1, 0.15) is 12.5 Å².